The normalized spacial score (nSPS) is 12.0. The van der Waals surface area contributed by atoms with Crippen LogP contribution in [-0.4, -0.2) is 27.3 Å². The molecule has 0 radical (unpaired) electrons. The van der Waals surface area contributed by atoms with Gasteiger partial charge in [-0.3, -0.25) is 4.79 Å². The van der Waals surface area contributed by atoms with Crippen LogP contribution in [0.4, 0.5) is 0 Å². The number of carbonyl (C=O) groups excluding carboxylic acids is 1. The Bertz CT molecular complexity index is 887. The van der Waals surface area contributed by atoms with E-state index in [0.29, 0.717) is 18.5 Å². The van der Waals surface area contributed by atoms with E-state index in [1.165, 1.54) is 0 Å². The Kier molecular flexibility index (Phi) is 5.49. The minimum atomic E-state index is -0.590. The quantitative estimate of drug-likeness (QED) is 0.717. The lowest BCUT2D eigenvalue weighted by Crippen LogP contribution is -2.26. The molecular weight excluding hydrogens is 326 g/mol. The van der Waals surface area contributed by atoms with Gasteiger partial charge in [0, 0.05) is 6.54 Å². The van der Waals surface area contributed by atoms with E-state index in [-0.39, 0.29) is 5.91 Å². The van der Waals surface area contributed by atoms with Crippen LogP contribution < -0.4 is 5.32 Å². The summed E-state index contributed by atoms with van der Waals surface area (Å²) >= 11 is 0. The zero-order valence-corrected chi connectivity index (χ0v) is 15.0. The molecule has 2 N–H and O–H groups in total. The standard InChI is InChI=1S/C21H23N3O2/c1-15-8-6-7-11-19(15)24-16(2)18(14-23-24)21(26)22-13-12-20(25)17-9-4-3-5-10-17/h3-11,14,20,25H,12-13H2,1-2H3,(H,22,26). The molecule has 2 aromatic carbocycles. The van der Waals surface area contributed by atoms with Gasteiger partial charge in [0.2, 0.25) is 0 Å². The van der Waals surface area contributed by atoms with Crippen molar-refractivity contribution in [1.29, 1.82) is 0 Å². The molecule has 0 fully saturated rings. The molecule has 0 aliphatic heterocycles. The summed E-state index contributed by atoms with van der Waals surface area (Å²) in [5, 5.41) is 17.4. The van der Waals surface area contributed by atoms with Crippen LogP contribution in [0.1, 0.15) is 39.7 Å². The Morgan fingerprint density at radius 2 is 1.81 bits per heavy atom. The van der Waals surface area contributed by atoms with Gasteiger partial charge in [-0.05, 0) is 37.5 Å². The zero-order chi connectivity index (χ0) is 18.5. The first-order chi connectivity index (χ1) is 12.6. The maximum Gasteiger partial charge on any atom is 0.254 e. The molecule has 5 heteroatoms. The van der Waals surface area contributed by atoms with Crippen LogP contribution >= 0.6 is 0 Å². The highest BCUT2D eigenvalue weighted by atomic mass is 16.3. The average Bonchev–Trinajstić information content (AvgIpc) is 3.04. The molecule has 1 heterocycles. The van der Waals surface area contributed by atoms with Crippen molar-refractivity contribution in [3.8, 4) is 5.69 Å². The monoisotopic (exact) mass is 349 g/mol. The molecule has 0 saturated heterocycles. The van der Waals surface area contributed by atoms with Crippen molar-refractivity contribution in [2.24, 2.45) is 0 Å². The Balaban J connectivity index is 1.63. The molecule has 1 unspecified atom stereocenters. The van der Waals surface area contributed by atoms with E-state index in [1.54, 1.807) is 10.9 Å². The predicted molar refractivity (Wildman–Crippen MR) is 101 cm³/mol. The van der Waals surface area contributed by atoms with E-state index < -0.39 is 6.10 Å². The SMILES string of the molecule is Cc1ccccc1-n1ncc(C(=O)NCCC(O)c2ccccc2)c1C. The van der Waals surface area contributed by atoms with E-state index in [2.05, 4.69) is 10.4 Å². The highest BCUT2D eigenvalue weighted by Gasteiger charge is 2.16. The fourth-order valence-corrected chi connectivity index (χ4v) is 2.94. The summed E-state index contributed by atoms with van der Waals surface area (Å²) in [6, 6.07) is 17.4. The third-order valence-corrected chi connectivity index (χ3v) is 4.49. The minimum absolute atomic E-state index is 0.178. The number of hydrogen-bond acceptors (Lipinski definition) is 3. The van der Waals surface area contributed by atoms with E-state index in [1.807, 2.05) is 68.4 Å². The van der Waals surface area contributed by atoms with E-state index in [4.69, 9.17) is 0 Å². The van der Waals surface area contributed by atoms with Crippen LogP contribution in [0.15, 0.2) is 60.8 Å². The molecule has 5 nitrogen and oxygen atoms in total. The molecule has 1 aromatic heterocycles. The molecule has 0 spiro atoms. The van der Waals surface area contributed by atoms with Crippen LogP contribution in [-0.2, 0) is 0 Å². The van der Waals surface area contributed by atoms with Crippen LogP contribution in [0, 0.1) is 13.8 Å². The Labute approximate surface area is 153 Å². The number of rotatable bonds is 6. The minimum Gasteiger partial charge on any atom is -0.388 e. The first kappa shape index (κ1) is 17.9. The van der Waals surface area contributed by atoms with Crippen LogP contribution in [0.5, 0.6) is 0 Å². The predicted octanol–water partition coefficient (Wildman–Crippen LogP) is 3.34. The molecule has 26 heavy (non-hydrogen) atoms. The number of aliphatic hydroxyl groups excluding tert-OH is 1. The van der Waals surface area contributed by atoms with E-state index >= 15 is 0 Å². The maximum atomic E-state index is 12.5. The van der Waals surface area contributed by atoms with Crippen molar-refractivity contribution < 1.29 is 9.90 Å². The lowest BCUT2D eigenvalue weighted by molar-refractivity contribution is 0.0942. The smallest absolute Gasteiger partial charge is 0.254 e. The Hall–Kier alpha value is -2.92. The number of amides is 1. The van der Waals surface area contributed by atoms with Crippen molar-refractivity contribution in [2.75, 3.05) is 6.54 Å². The second-order valence-corrected chi connectivity index (χ2v) is 6.31. The zero-order valence-electron chi connectivity index (χ0n) is 15.0. The maximum absolute atomic E-state index is 12.5. The van der Waals surface area contributed by atoms with Gasteiger partial charge in [-0.15, -0.1) is 0 Å². The summed E-state index contributed by atoms with van der Waals surface area (Å²) in [7, 11) is 0. The van der Waals surface area contributed by atoms with Crippen molar-refractivity contribution in [3.63, 3.8) is 0 Å². The fraction of sp³-hybridized carbons (Fsp3) is 0.238. The van der Waals surface area contributed by atoms with E-state index in [0.717, 1.165) is 22.5 Å². The highest BCUT2D eigenvalue weighted by molar-refractivity contribution is 5.95. The summed E-state index contributed by atoms with van der Waals surface area (Å²) in [6.45, 7) is 4.29. The topological polar surface area (TPSA) is 67.2 Å². The summed E-state index contributed by atoms with van der Waals surface area (Å²) in [5.41, 5.74) is 4.24. The average molecular weight is 349 g/mol. The van der Waals surface area contributed by atoms with Gasteiger partial charge < -0.3 is 10.4 Å². The van der Waals surface area contributed by atoms with Gasteiger partial charge in [-0.25, -0.2) is 4.68 Å². The molecule has 1 amide bonds. The van der Waals surface area contributed by atoms with Gasteiger partial charge in [0.25, 0.3) is 5.91 Å². The summed E-state index contributed by atoms with van der Waals surface area (Å²) < 4.78 is 1.78. The number of benzene rings is 2. The van der Waals surface area contributed by atoms with Gasteiger partial charge in [0.1, 0.15) is 0 Å². The number of aryl methyl sites for hydroxylation is 1. The van der Waals surface area contributed by atoms with Gasteiger partial charge in [0.05, 0.1) is 29.2 Å². The van der Waals surface area contributed by atoms with Crippen molar-refractivity contribution in [2.45, 2.75) is 26.4 Å². The molecule has 0 aliphatic carbocycles. The number of nitrogens with zero attached hydrogens (tertiary/aromatic N) is 2. The van der Waals surface area contributed by atoms with Crippen LogP contribution in [0.25, 0.3) is 5.69 Å². The fourth-order valence-electron chi connectivity index (χ4n) is 2.94. The van der Waals surface area contributed by atoms with Crippen molar-refractivity contribution in [1.82, 2.24) is 15.1 Å². The number of para-hydroxylation sites is 1. The second kappa shape index (κ2) is 7.97. The molecule has 1 atom stereocenters. The van der Waals surface area contributed by atoms with Crippen LogP contribution in [0.2, 0.25) is 0 Å². The van der Waals surface area contributed by atoms with Gasteiger partial charge in [-0.1, -0.05) is 48.5 Å². The largest absolute Gasteiger partial charge is 0.388 e. The van der Waals surface area contributed by atoms with E-state index in [9.17, 15) is 9.90 Å². The van der Waals surface area contributed by atoms with Crippen LogP contribution in [0.3, 0.4) is 0 Å². The second-order valence-electron chi connectivity index (χ2n) is 6.31. The highest BCUT2D eigenvalue weighted by Crippen LogP contribution is 2.18. The third kappa shape index (κ3) is 3.83. The molecule has 134 valence electrons. The van der Waals surface area contributed by atoms with Crippen molar-refractivity contribution in [3.05, 3.63) is 83.2 Å². The number of aromatic nitrogens is 2. The summed E-state index contributed by atoms with van der Waals surface area (Å²) in [4.78, 5) is 12.5. The molecule has 3 aromatic rings. The summed E-state index contributed by atoms with van der Waals surface area (Å²) in [6.07, 6.45) is 1.46. The molecular formula is C21H23N3O2. The first-order valence-corrected chi connectivity index (χ1v) is 8.69. The molecule has 0 aliphatic rings. The molecule has 0 bridgehead atoms. The first-order valence-electron chi connectivity index (χ1n) is 8.69. The lowest BCUT2D eigenvalue weighted by Gasteiger charge is -2.12. The lowest BCUT2D eigenvalue weighted by atomic mass is 10.1. The Morgan fingerprint density at radius 1 is 1.12 bits per heavy atom. The molecule has 3 rings (SSSR count). The van der Waals surface area contributed by atoms with Gasteiger partial charge >= 0.3 is 0 Å². The van der Waals surface area contributed by atoms with Gasteiger partial charge in [0.15, 0.2) is 0 Å². The summed E-state index contributed by atoms with van der Waals surface area (Å²) in [5.74, 6) is -0.178. The number of aliphatic hydroxyl groups is 1. The molecule has 0 saturated carbocycles. The van der Waals surface area contributed by atoms with Gasteiger partial charge in [-0.2, -0.15) is 5.10 Å². The third-order valence-electron chi connectivity index (χ3n) is 4.49. The number of hydrogen-bond donors (Lipinski definition) is 2. The van der Waals surface area contributed by atoms with Crippen molar-refractivity contribution >= 4 is 5.91 Å². The number of nitrogens with one attached hydrogen (secondary N) is 1. The Morgan fingerprint density at radius 3 is 2.54 bits per heavy atom. The number of carbonyl (C=O) groups is 1.